The van der Waals surface area contributed by atoms with E-state index in [2.05, 4.69) is 10.3 Å². The summed E-state index contributed by atoms with van der Waals surface area (Å²) in [7, 11) is 0. The van der Waals surface area contributed by atoms with Crippen LogP contribution in [-0.2, 0) is 9.53 Å². The van der Waals surface area contributed by atoms with Crippen LogP contribution in [0.2, 0.25) is 0 Å². The van der Waals surface area contributed by atoms with Crippen molar-refractivity contribution in [2.24, 2.45) is 5.84 Å². The third-order valence-electron chi connectivity index (χ3n) is 2.24. The highest BCUT2D eigenvalue weighted by molar-refractivity contribution is 5.77. The average molecular weight is 187 g/mol. The lowest BCUT2D eigenvalue weighted by atomic mass is 10.2. The Hall–Kier alpha value is -0.650. The molecule has 0 aromatic carbocycles. The molecule has 1 saturated heterocycles. The van der Waals surface area contributed by atoms with E-state index in [0.29, 0.717) is 13.2 Å². The van der Waals surface area contributed by atoms with Crippen LogP contribution in [0.5, 0.6) is 0 Å². The Bertz CT molecular complexity index is 186. The summed E-state index contributed by atoms with van der Waals surface area (Å²) >= 11 is 0. The molecule has 1 amide bonds. The summed E-state index contributed by atoms with van der Waals surface area (Å²) in [5.41, 5.74) is 2.13. The predicted molar refractivity (Wildman–Crippen MR) is 48.8 cm³/mol. The molecular formula is C8H17N3O2. The maximum absolute atomic E-state index is 11.0. The van der Waals surface area contributed by atoms with Gasteiger partial charge in [-0.25, -0.2) is 5.84 Å². The average Bonchev–Trinajstić information content (AvgIpc) is 2.11. The van der Waals surface area contributed by atoms with Crippen LogP contribution in [0, 0.1) is 0 Å². The number of morpholine rings is 1. The molecule has 5 nitrogen and oxygen atoms in total. The van der Waals surface area contributed by atoms with Crippen LogP contribution in [-0.4, -0.2) is 42.6 Å². The minimum Gasteiger partial charge on any atom is -0.376 e. The van der Waals surface area contributed by atoms with Gasteiger partial charge in [-0.05, 0) is 13.8 Å². The van der Waals surface area contributed by atoms with E-state index in [4.69, 9.17) is 10.6 Å². The second-order valence-electron chi connectivity index (χ2n) is 3.49. The molecule has 2 atom stereocenters. The molecule has 13 heavy (non-hydrogen) atoms. The van der Waals surface area contributed by atoms with E-state index < -0.39 is 0 Å². The van der Waals surface area contributed by atoms with E-state index in [-0.39, 0.29) is 18.1 Å². The summed E-state index contributed by atoms with van der Waals surface area (Å²) in [6, 6.07) is 0.286. The van der Waals surface area contributed by atoms with Gasteiger partial charge in [0, 0.05) is 12.6 Å². The number of hydrazine groups is 1. The lowest BCUT2D eigenvalue weighted by molar-refractivity contribution is -0.125. The third-order valence-corrected chi connectivity index (χ3v) is 2.24. The van der Waals surface area contributed by atoms with Gasteiger partial charge >= 0.3 is 0 Å². The summed E-state index contributed by atoms with van der Waals surface area (Å²) in [5.74, 6) is 4.86. The number of rotatable bonds is 2. The van der Waals surface area contributed by atoms with E-state index >= 15 is 0 Å². The monoisotopic (exact) mass is 187 g/mol. The number of hydrogen-bond donors (Lipinski definition) is 2. The smallest absolute Gasteiger partial charge is 0.248 e. The van der Waals surface area contributed by atoms with Crippen LogP contribution in [0.4, 0.5) is 0 Å². The van der Waals surface area contributed by atoms with Crippen molar-refractivity contribution in [2.45, 2.75) is 26.0 Å². The van der Waals surface area contributed by atoms with Crippen molar-refractivity contribution in [3.8, 4) is 0 Å². The standard InChI is InChI=1S/C8H17N3O2/c1-6-5-13-7(2)3-11(6)4-8(12)10-9/h6-7H,3-5,9H2,1-2H3,(H,10,12). The molecule has 1 rings (SSSR count). The fraction of sp³-hybridized carbons (Fsp3) is 0.875. The Labute approximate surface area is 78.2 Å². The van der Waals surface area contributed by atoms with Gasteiger partial charge in [0.2, 0.25) is 5.91 Å². The molecule has 2 unspecified atom stereocenters. The van der Waals surface area contributed by atoms with Crippen LogP contribution < -0.4 is 11.3 Å². The SMILES string of the molecule is CC1CN(CC(=O)NN)C(C)CO1. The van der Waals surface area contributed by atoms with Crippen molar-refractivity contribution >= 4 is 5.91 Å². The van der Waals surface area contributed by atoms with E-state index in [1.54, 1.807) is 0 Å². The summed E-state index contributed by atoms with van der Waals surface area (Å²) < 4.78 is 5.43. The highest BCUT2D eigenvalue weighted by Crippen LogP contribution is 2.10. The van der Waals surface area contributed by atoms with Crippen molar-refractivity contribution in [1.82, 2.24) is 10.3 Å². The molecule has 5 heteroatoms. The number of ether oxygens (including phenoxy) is 1. The minimum atomic E-state index is -0.152. The number of carbonyl (C=O) groups is 1. The van der Waals surface area contributed by atoms with Crippen molar-refractivity contribution < 1.29 is 9.53 Å². The van der Waals surface area contributed by atoms with Gasteiger partial charge in [0.15, 0.2) is 0 Å². The highest BCUT2D eigenvalue weighted by atomic mass is 16.5. The molecule has 1 aliphatic heterocycles. The number of carbonyl (C=O) groups excluding carboxylic acids is 1. The van der Waals surface area contributed by atoms with Crippen LogP contribution in [0.25, 0.3) is 0 Å². The number of hydrogen-bond acceptors (Lipinski definition) is 4. The molecule has 76 valence electrons. The fourth-order valence-electron chi connectivity index (χ4n) is 1.42. The maximum Gasteiger partial charge on any atom is 0.248 e. The Morgan fingerprint density at radius 3 is 3.00 bits per heavy atom. The third kappa shape index (κ3) is 2.95. The van der Waals surface area contributed by atoms with Crippen molar-refractivity contribution in [2.75, 3.05) is 19.7 Å². The number of amides is 1. The first-order chi connectivity index (χ1) is 6.13. The first-order valence-corrected chi connectivity index (χ1v) is 4.48. The van der Waals surface area contributed by atoms with E-state index in [0.717, 1.165) is 6.54 Å². The Kier molecular flexibility index (Phi) is 3.65. The van der Waals surface area contributed by atoms with Crippen molar-refractivity contribution in [1.29, 1.82) is 0 Å². The molecule has 0 saturated carbocycles. The Morgan fingerprint density at radius 2 is 2.38 bits per heavy atom. The maximum atomic E-state index is 11.0. The highest BCUT2D eigenvalue weighted by Gasteiger charge is 2.24. The summed E-state index contributed by atoms with van der Waals surface area (Å²) in [4.78, 5) is 13.1. The quantitative estimate of drug-likeness (QED) is 0.333. The first-order valence-electron chi connectivity index (χ1n) is 4.48. The number of nitrogens with two attached hydrogens (primary N) is 1. The molecule has 1 heterocycles. The van der Waals surface area contributed by atoms with Gasteiger partial charge in [-0.1, -0.05) is 0 Å². The second kappa shape index (κ2) is 4.55. The van der Waals surface area contributed by atoms with Gasteiger partial charge in [-0.3, -0.25) is 15.1 Å². The molecular weight excluding hydrogens is 170 g/mol. The minimum absolute atomic E-state index is 0.152. The molecule has 0 aromatic rings. The van der Waals surface area contributed by atoms with Crippen LogP contribution in [0.3, 0.4) is 0 Å². The van der Waals surface area contributed by atoms with Crippen molar-refractivity contribution in [3.63, 3.8) is 0 Å². The summed E-state index contributed by atoms with van der Waals surface area (Å²) in [6.45, 7) is 5.86. The molecule has 1 aliphatic rings. The van der Waals surface area contributed by atoms with E-state index in [1.807, 2.05) is 13.8 Å². The second-order valence-corrected chi connectivity index (χ2v) is 3.49. The van der Waals surface area contributed by atoms with Gasteiger partial charge in [0.1, 0.15) is 0 Å². The summed E-state index contributed by atoms with van der Waals surface area (Å²) in [5, 5.41) is 0. The van der Waals surface area contributed by atoms with Gasteiger partial charge < -0.3 is 4.74 Å². The molecule has 3 N–H and O–H groups in total. The van der Waals surface area contributed by atoms with Crippen molar-refractivity contribution in [3.05, 3.63) is 0 Å². The van der Waals surface area contributed by atoms with Crippen LogP contribution in [0.1, 0.15) is 13.8 Å². The normalized spacial score (nSPS) is 30.1. The van der Waals surface area contributed by atoms with Crippen LogP contribution in [0.15, 0.2) is 0 Å². The molecule has 0 spiro atoms. The Balaban J connectivity index is 2.41. The number of nitrogens with zero attached hydrogens (tertiary/aromatic N) is 1. The van der Waals surface area contributed by atoms with Gasteiger partial charge in [-0.2, -0.15) is 0 Å². The first kappa shape index (κ1) is 10.4. The van der Waals surface area contributed by atoms with Crippen LogP contribution >= 0.6 is 0 Å². The largest absolute Gasteiger partial charge is 0.376 e. The topological polar surface area (TPSA) is 67.6 Å². The lowest BCUT2D eigenvalue weighted by Crippen LogP contribution is -2.51. The Morgan fingerprint density at radius 1 is 1.69 bits per heavy atom. The molecule has 0 aromatic heterocycles. The molecule has 0 bridgehead atoms. The van der Waals surface area contributed by atoms with E-state index in [1.165, 1.54) is 0 Å². The zero-order valence-electron chi connectivity index (χ0n) is 8.12. The fourth-order valence-corrected chi connectivity index (χ4v) is 1.42. The molecule has 1 fully saturated rings. The van der Waals surface area contributed by atoms with Gasteiger partial charge in [0.25, 0.3) is 0 Å². The zero-order chi connectivity index (χ0) is 9.84. The van der Waals surface area contributed by atoms with Gasteiger partial charge in [0.05, 0.1) is 19.3 Å². The number of nitrogens with one attached hydrogen (secondary N) is 1. The predicted octanol–water partition coefficient (Wildman–Crippen LogP) is -0.914. The lowest BCUT2D eigenvalue weighted by Gasteiger charge is -2.35. The molecule has 0 aliphatic carbocycles. The van der Waals surface area contributed by atoms with E-state index in [9.17, 15) is 4.79 Å². The zero-order valence-corrected chi connectivity index (χ0v) is 8.12. The van der Waals surface area contributed by atoms with Gasteiger partial charge in [-0.15, -0.1) is 0 Å². The molecule has 0 radical (unpaired) electrons. The summed E-state index contributed by atoms with van der Waals surface area (Å²) in [6.07, 6.45) is 0.196.